The molecule has 1 aromatic carbocycles. The van der Waals surface area contributed by atoms with Gasteiger partial charge in [0.25, 0.3) is 0 Å². The molecule has 0 fully saturated rings. The zero-order chi connectivity index (χ0) is 15.2. The van der Waals surface area contributed by atoms with Crippen molar-refractivity contribution < 1.29 is 9.94 Å². The van der Waals surface area contributed by atoms with Crippen molar-refractivity contribution in [3.8, 4) is 5.75 Å². The molecule has 21 heavy (non-hydrogen) atoms. The van der Waals surface area contributed by atoms with Gasteiger partial charge in [-0.05, 0) is 47.0 Å². The molecule has 5 nitrogen and oxygen atoms in total. The number of thiophene rings is 1. The second kappa shape index (κ2) is 7.10. The van der Waals surface area contributed by atoms with E-state index in [9.17, 15) is 0 Å². The Bertz CT molecular complexity index is 611. The van der Waals surface area contributed by atoms with E-state index in [1.54, 1.807) is 24.5 Å². The van der Waals surface area contributed by atoms with Crippen LogP contribution in [0.5, 0.6) is 5.75 Å². The zero-order valence-electron chi connectivity index (χ0n) is 12.0. The Hall–Kier alpha value is -2.05. The van der Waals surface area contributed by atoms with E-state index in [4.69, 9.17) is 15.7 Å². The highest BCUT2D eigenvalue weighted by Crippen LogP contribution is 2.21. The molecular weight excluding hydrogens is 286 g/mol. The van der Waals surface area contributed by atoms with Gasteiger partial charge in [-0.25, -0.2) is 0 Å². The molecule has 2 rings (SSSR count). The Balaban J connectivity index is 2.07. The SMILES string of the molecule is COc1cc(CNC(C)c2ccsc2)ccc1/C(N)=N/O. The first kappa shape index (κ1) is 15.3. The van der Waals surface area contributed by atoms with E-state index in [-0.39, 0.29) is 11.9 Å². The van der Waals surface area contributed by atoms with Crippen molar-refractivity contribution in [2.75, 3.05) is 7.11 Å². The Morgan fingerprint density at radius 2 is 2.29 bits per heavy atom. The minimum Gasteiger partial charge on any atom is -0.496 e. The van der Waals surface area contributed by atoms with E-state index in [1.165, 1.54) is 5.56 Å². The zero-order valence-corrected chi connectivity index (χ0v) is 12.9. The number of nitrogens with one attached hydrogen (secondary N) is 1. The smallest absolute Gasteiger partial charge is 0.173 e. The highest BCUT2D eigenvalue weighted by molar-refractivity contribution is 7.07. The molecule has 6 heteroatoms. The molecule has 0 spiro atoms. The minimum absolute atomic E-state index is 0.0398. The minimum atomic E-state index is 0.0398. The topological polar surface area (TPSA) is 79.9 Å². The number of hydrogen-bond donors (Lipinski definition) is 3. The van der Waals surface area contributed by atoms with Gasteiger partial charge in [0, 0.05) is 12.6 Å². The lowest BCUT2D eigenvalue weighted by atomic mass is 10.1. The van der Waals surface area contributed by atoms with Crippen molar-refractivity contribution in [1.29, 1.82) is 0 Å². The van der Waals surface area contributed by atoms with Crippen LogP contribution in [0.4, 0.5) is 0 Å². The quantitative estimate of drug-likeness (QED) is 0.332. The van der Waals surface area contributed by atoms with Crippen LogP contribution in [-0.2, 0) is 6.54 Å². The lowest BCUT2D eigenvalue weighted by Crippen LogP contribution is -2.18. The van der Waals surface area contributed by atoms with Crippen molar-refractivity contribution >= 4 is 17.2 Å². The van der Waals surface area contributed by atoms with Crippen LogP contribution in [0.3, 0.4) is 0 Å². The van der Waals surface area contributed by atoms with Gasteiger partial charge in [-0.1, -0.05) is 11.2 Å². The summed E-state index contributed by atoms with van der Waals surface area (Å²) in [5, 5.41) is 19.4. The van der Waals surface area contributed by atoms with Crippen LogP contribution in [0.15, 0.2) is 40.2 Å². The molecule has 0 saturated carbocycles. The number of nitrogens with zero attached hydrogens (tertiary/aromatic N) is 1. The molecule has 0 amide bonds. The number of rotatable bonds is 6. The number of ether oxygens (including phenoxy) is 1. The standard InChI is InChI=1S/C15H19N3O2S/c1-10(12-5-6-21-9-12)17-8-11-3-4-13(15(16)18-19)14(7-11)20-2/h3-7,9-10,17,19H,8H2,1-2H3,(H2,16,18). The van der Waals surface area contributed by atoms with Gasteiger partial charge in [-0.3, -0.25) is 0 Å². The summed E-state index contributed by atoms with van der Waals surface area (Å²) in [4.78, 5) is 0. The molecular formula is C15H19N3O2S. The predicted octanol–water partition coefficient (Wildman–Crippen LogP) is 2.70. The molecule has 0 aliphatic rings. The van der Waals surface area contributed by atoms with Crippen LogP contribution in [0, 0.1) is 0 Å². The molecule has 1 heterocycles. The average Bonchev–Trinajstić information content (AvgIpc) is 3.06. The largest absolute Gasteiger partial charge is 0.496 e. The Morgan fingerprint density at radius 3 is 2.90 bits per heavy atom. The molecule has 0 saturated heterocycles. The van der Waals surface area contributed by atoms with Crippen LogP contribution in [-0.4, -0.2) is 18.2 Å². The van der Waals surface area contributed by atoms with Gasteiger partial charge in [0.2, 0.25) is 0 Å². The van der Waals surface area contributed by atoms with Crippen LogP contribution in [0.2, 0.25) is 0 Å². The van der Waals surface area contributed by atoms with Gasteiger partial charge in [-0.15, -0.1) is 0 Å². The van der Waals surface area contributed by atoms with Gasteiger partial charge in [0.05, 0.1) is 12.7 Å². The summed E-state index contributed by atoms with van der Waals surface area (Å²) in [6.45, 7) is 2.84. The Kier molecular flexibility index (Phi) is 5.19. The van der Waals surface area contributed by atoms with Gasteiger partial charge in [0.15, 0.2) is 5.84 Å². The number of oxime groups is 1. The molecule has 0 aliphatic heterocycles. The van der Waals surface area contributed by atoms with E-state index in [2.05, 4.69) is 34.2 Å². The molecule has 0 bridgehead atoms. The predicted molar refractivity (Wildman–Crippen MR) is 85.1 cm³/mol. The fraction of sp³-hybridized carbons (Fsp3) is 0.267. The van der Waals surface area contributed by atoms with Gasteiger partial charge < -0.3 is 21.0 Å². The first-order chi connectivity index (χ1) is 10.2. The van der Waals surface area contributed by atoms with E-state index in [0.717, 1.165) is 5.56 Å². The van der Waals surface area contributed by atoms with Crippen molar-refractivity contribution in [2.24, 2.45) is 10.9 Å². The highest BCUT2D eigenvalue weighted by Gasteiger charge is 2.10. The van der Waals surface area contributed by atoms with Crippen LogP contribution in [0.25, 0.3) is 0 Å². The van der Waals surface area contributed by atoms with E-state index in [1.807, 2.05) is 12.1 Å². The summed E-state index contributed by atoms with van der Waals surface area (Å²) in [6, 6.07) is 8.01. The Morgan fingerprint density at radius 1 is 1.48 bits per heavy atom. The van der Waals surface area contributed by atoms with Crippen LogP contribution >= 0.6 is 11.3 Å². The number of nitrogens with two attached hydrogens (primary N) is 1. The third-order valence-corrected chi connectivity index (χ3v) is 4.01. The third-order valence-electron chi connectivity index (χ3n) is 3.31. The molecule has 112 valence electrons. The lowest BCUT2D eigenvalue weighted by molar-refractivity contribution is 0.318. The fourth-order valence-corrected chi connectivity index (χ4v) is 2.78. The summed E-state index contributed by atoms with van der Waals surface area (Å²) in [5.74, 6) is 0.630. The summed E-state index contributed by atoms with van der Waals surface area (Å²) < 4.78 is 5.29. The van der Waals surface area contributed by atoms with Gasteiger partial charge in [-0.2, -0.15) is 11.3 Å². The molecule has 2 aromatic rings. The average molecular weight is 305 g/mol. The van der Waals surface area contributed by atoms with Gasteiger partial charge >= 0.3 is 0 Å². The van der Waals surface area contributed by atoms with Crippen molar-refractivity contribution in [3.05, 3.63) is 51.7 Å². The summed E-state index contributed by atoms with van der Waals surface area (Å²) >= 11 is 1.69. The first-order valence-electron chi connectivity index (χ1n) is 6.56. The Labute approximate surface area is 128 Å². The van der Waals surface area contributed by atoms with E-state index in [0.29, 0.717) is 17.9 Å². The van der Waals surface area contributed by atoms with Crippen molar-refractivity contribution in [1.82, 2.24) is 5.32 Å². The molecule has 1 aromatic heterocycles. The summed E-state index contributed by atoms with van der Waals surface area (Å²) in [5.41, 5.74) is 8.54. The molecule has 4 N–H and O–H groups in total. The van der Waals surface area contributed by atoms with Crippen molar-refractivity contribution in [2.45, 2.75) is 19.5 Å². The summed E-state index contributed by atoms with van der Waals surface area (Å²) in [6.07, 6.45) is 0. The second-order valence-corrected chi connectivity index (χ2v) is 5.46. The second-order valence-electron chi connectivity index (χ2n) is 4.68. The summed E-state index contributed by atoms with van der Waals surface area (Å²) in [7, 11) is 1.56. The maximum absolute atomic E-state index is 8.76. The third kappa shape index (κ3) is 3.74. The lowest BCUT2D eigenvalue weighted by Gasteiger charge is -2.14. The van der Waals surface area contributed by atoms with Crippen LogP contribution < -0.4 is 15.8 Å². The first-order valence-corrected chi connectivity index (χ1v) is 7.50. The highest BCUT2D eigenvalue weighted by atomic mass is 32.1. The number of benzene rings is 1. The molecule has 1 unspecified atom stereocenters. The van der Waals surface area contributed by atoms with Crippen LogP contribution in [0.1, 0.15) is 29.7 Å². The van der Waals surface area contributed by atoms with Gasteiger partial charge in [0.1, 0.15) is 5.75 Å². The molecule has 1 atom stereocenters. The number of amidine groups is 1. The number of methoxy groups -OCH3 is 1. The molecule has 0 aliphatic carbocycles. The monoisotopic (exact) mass is 305 g/mol. The maximum Gasteiger partial charge on any atom is 0.173 e. The van der Waals surface area contributed by atoms with E-state index >= 15 is 0 Å². The fourth-order valence-electron chi connectivity index (χ4n) is 2.02. The van der Waals surface area contributed by atoms with Crippen molar-refractivity contribution in [3.63, 3.8) is 0 Å². The van der Waals surface area contributed by atoms with E-state index < -0.39 is 0 Å². The normalized spacial score (nSPS) is 13.1. The number of hydrogen-bond acceptors (Lipinski definition) is 5. The maximum atomic E-state index is 8.76. The molecule has 0 radical (unpaired) electrons.